The highest BCUT2D eigenvalue weighted by Crippen LogP contribution is 2.27. The summed E-state index contributed by atoms with van der Waals surface area (Å²) >= 11 is 0. The molecule has 0 aromatic heterocycles. The summed E-state index contributed by atoms with van der Waals surface area (Å²) in [7, 11) is 0. The summed E-state index contributed by atoms with van der Waals surface area (Å²) in [5, 5.41) is 13.1. The molecule has 1 aromatic rings. The van der Waals surface area contributed by atoms with E-state index in [0.29, 0.717) is 25.3 Å². The van der Waals surface area contributed by atoms with Gasteiger partial charge in [0.05, 0.1) is 13.2 Å². The van der Waals surface area contributed by atoms with Crippen molar-refractivity contribution in [3.8, 4) is 11.5 Å². The number of primary amides is 1. The number of amides is 1. The van der Waals surface area contributed by atoms with Crippen molar-refractivity contribution in [1.82, 2.24) is 10.2 Å². The van der Waals surface area contributed by atoms with Crippen LogP contribution in [-0.4, -0.2) is 48.1 Å². The molecule has 1 atom stereocenters. The normalized spacial score (nSPS) is 17.2. The maximum atomic E-state index is 11.2. The molecule has 1 fully saturated rings. The Balaban J connectivity index is 0.00000364. The Morgan fingerprint density at radius 3 is 2.89 bits per heavy atom. The largest absolute Gasteiger partial charge is 0.504 e. The second kappa shape index (κ2) is 11.9. The predicted molar refractivity (Wildman–Crippen MR) is 118 cm³/mol. The highest BCUT2D eigenvalue weighted by molar-refractivity contribution is 14.0. The number of likely N-dealkylation sites (tertiary alicyclic amines) is 1. The summed E-state index contributed by atoms with van der Waals surface area (Å²) in [4.78, 5) is 18.1. The van der Waals surface area contributed by atoms with E-state index in [0.717, 1.165) is 44.0 Å². The highest BCUT2D eigenvalue weighted by Gasteiger charge is 2.23. The molecule has 0 radical (unpaired) electrons. The third-order valence-corrected chi connectivity index (χ3v) is 4.38. The number of benzene rings is 1. The fraction of sp³-hybridized carbons (Fsp3) is 0.579. The SMILES string of the molecule is CCNC(=NCc1ccc(O)c(OCC)c1)N1CCCC(CC(N)=O)C1.I. The van der Waals surface area contributed by atoms with Gasteiger partial charge in [-0.05, 0) is 50.3 Å². The molecule has 1 heterocycles. The van der Waals surface area contributed by atoms with Crippen molar-refractivity contribution >= 4 is 35.8 Å². The molecule has 8 heteroatoms. The van der Waals surface area contributed by atoms with Crippen molar-refractivity contribution in [3.05, 3.63) is 23.8 Å². The van der Waals surface area contributed by atoms with Crippen LogP contribution in [0.4, 0.5) is 0 Å². The number of hydrogen-bond donors (Lipinski definition) is 3. The standard InChI is InChI=1S/C19H30N4O3.HI/c1-3-21-19(23-9-5-6-15(13-23)11-18(20)25)22-12-14-7-8-16(24)17(10-14)26-4-2;/h7-8,10,15,24H,3-6,9,11-13H2,1-2H3,(H2,20,25)(H,21,22);1H. The molecule has 0 saturated carbocycles. The van der Waals surface area contributed by atoms with Gasteiger partial charge < -0.3 is 25.8 Å². The zero-order chi connectivity index (χ0) is 18.9. The average Bonchev–Trinajstić information content (AvgIpc) is 2.61. The van der Waals surface area contributed by atoms with Crippen molar-refractivity contribution < 1.29 is 14.6 Å². The minimum Gasteiger partial charge on any atom is -0.504 e. The zero-order valence-corrected chi connectivity index (χ0v) is 18.4. The molecule has 1 saturated heterocycles. The Morgan fingerprint density at radius 2 is 2.22 bits per heavy atom. The first kappa shape index (κ1) is 23.3. The summed E-state index contributed by atoms with van der Waals surface area (Å²) in [6.07, 6.45) is 2.47. The van der Waals surface area contributed by atoms with E-state index in [1.165, 1.54) is 0 Å². The van der Waals surface area contributed by atoms with E-state index < -0.39 is 0 Å². The van der Waals surface area contributed by atoms with Crippen LogP contribution in [0.1, 0.15) is 38.7 Å². The molecule has 1 unspecified atom stereocenters. The van der Waals surface area contributed by atoms with E-state index in [2.05, 4.69) is 10.2 Å². The number of guanidine groups is 1. The summed E-state index contributed by atoms with van der Waals surface area (Å²) < 4.78 is 5.43. The number of nitrogens with zero attached hydrogens (tertiary/aromatic N) is 2. The number of aromatic hydroxyl groups is 1. The molecule has 1 amide bonds. The van der Waals surface area contributed by atoms with Crippen LogP contribution in [0.2, 0.25) is 0 Å². The van der Waals surface area contributed by atoms with Gasteiger partial charge in [-0.3, -0.25) is 4.79 Å². The number of ether oxygens (including phenoxy) is 1. The number of carbonyl (C=O) groups is 1. The van der Waals surface area contributed by atoms with Gasteiger partial charge in [0.25, 0.3) is 0 Å². The van der Waals surface area contributed by atoms with E-state index >= 15 is 0 Å². The molecule has 1 aliphatic rings. The van der Waals surface area contributed by atoms with Crippen LogP contribution in [0, 0.1) is 5.92 Å². The number of rotatable bonds is 7. The Labute approximate surface area is 178 Å². The maximum absolute atomic E-state index is 11.2. The molecular formula is C19H31IN4O3. The lowest BCUT2D eigenvalue weighted by Gasteiger charge is -2.34. The van der Waals surface area contributed by atoms with Gasteiger partial charge in [0.15, 0.2) is 17.5 Å². The maximum Gasteiger partial charge on any atom is 0.217 e. The van der Waals surface area contributed by atoms with Crippen molar-refractivity contribution in [2.75, 3.05) is 26.2 Å². The number of aliphatic imine (C=N–C) groups is 1. The molecule has 152 valence electrons. The van der Waals surface area contributed by atoms with Crippen LogP contribution in [0.25, 0.3) is 0 Å². The van der Waals surface area contributed by atoms with E-state index in [1.807, 2.05) is 26.0 Å². The van der Waals surface area contributed by atoms with E-state index in [-0.39, 0.29) is 41.6 Å². The number of piperidine rings is 1. The van der Waals surface area contributed by atoms with Crippen molar-refractivity contribution in [2.45, 2.75) is 39.7 Å². The Kier molecular flexibility index (Phi) is 10.3. The van der Waals surface area contributed by atoms with Gasteiger partial charge in [0.1, 0.15) is 0 Å². The lowest BCUT2D eigenvalue weighted by molar-refractivity contribution is -0.119. The lowest BCUT2D eigenvalue weighted by atomic mass is 9.95. The zero-order valence-electron chi connectivity index (χ0n) is 16.1. The van der Waals surface area contributed by atoms with E-state index in [9.17, 15) is 9.90 Å². The number of phenolic OH excluding ortho intramolecular Hbond substituents is 1. The first-order valence-corrected chi connectivity index (χ1v) is 9.29. The third-order valence-electron chi connectivity index (χ3n) is 4.38. The molecule has 0 bridgehead atoms. The van der Waals surface area contributed by atoms with Gasteiger partial charge in [-0.2, -0.15) is 0 Å². The number of carbonyl (C=O) groups excluding carboxylic acids is 1. The number of nitrogens with two attached hydrogens (primary N) is 1. The van der Waals surface area contributed by atoms with E-state index in [4.69, 9.17) is 15.5 Å². The summed E-state index contributed by atoms with van der Waals surface area (Å²) in [5.41, 5.74) is 6.32. The molecule has 7 nitrogen and oxygen atoms in total. The molecule has 1 aliphatic heterocycles. The fourth-order valence-electron chi connectivity index (χ4n) is 3.23. The monoisotopic (exact) mass is 490 g/mol. The number of hydrogen-bond acceptors (Lipinski definition) is 4. The van der Waals surface area contributed by atoms with Gasteiger partial charge >= 0.3 is 0 Å². The van der Waals surface area contributed by atoms with Crippen LogP contribution >= 0.6 is 24.0 Å². The van der Waals surface area contributed by atoms with Crippen molar-refractivity contribution in [3.63, 3.8) is 0 Å². The van der Waals surface area contributed by atoms with Gasteiger partial charge in [0.2, 0.25) is 5.91 Å². The smallest absolute Gasteiger partial charge is 0.217 e. The summed E-state index contributed by atoms with van der Waals surface area (Å²) in [6.45, 7) is 7.38. The Morgan fingerprint density at radius 1 is 1.44 bits per heavy atom. The second-order valence-electron chi connectivity index (χ2n) is 6.53. The minimum atomic E-state index is -0.244. The Bertz CT molecular complexity index is 639. The van der Waals surface area contributed by atoms with Crippen molar-refractivity contribution in [1.29, 1.82) is 0 Å². The predicted octanol–water partition coefficient (Wildman–Crippen LogP) is 2.46. The molecule has 1 aromatic carbocycles. The third kappa shape index (κ3) is 7.43. The molecule has 27 heavy (non-hydrogen) atoms. The van der Waals surface area contributed by atoms with Gasteiger partial charge in [-0.25, -0.2) is 4.99 Å². The van der Waals surface area contributed by atoms with Gasteiger partial charge in [-0.15, -0.1) is 24.0 Å². The summed E-state index contributed by atoms with van der Waals surface area (Å²) in [6, 6.07) is 5.29. The topological polar surface area (TPSA) is 100 Å². The quantitative estimate of drug-likeness (QED) is 0.310. The number of phenols is 1. The molecular weight excluding hydrogens is 459 g/mol. The first-order chi connectivity index (χ1) is 12.5. The molecule has 4 N–H and O–H groups in total. The Hall–Kier alpha value is -1.71. The van der Waals surface area contributed by atoms with E-state index in [1.54, 1.807) is 6.07 Å². The molecule has 0 spiro atoms. The van der Waals surface area contributed by atoms with Crippen LogP contribution in [0.15, 0.2) is 23.2 Å². The highest BCUT2D eigenvalue weighted by atomic mass is 127. The molecule has 2 rings (SSSR count). The molecule has 0 aliphatic carbocycles. The minimum absolute atomic E-state index is 0. The van der Waals surface area contributed by atoms with Crippen molar-refractivity contribution in [2.24, 2.45) is 16.6 Å². The van der Waals surface area contributed by atoms with Crippen LogP contribution in [-0.2, 0) is 11.3 Å². The van der Waals surface area contributed by atoms with Crippen LogP contribution < -0.4 is 15.8 Å². The van der Waals surface area contributed by atoms with Gasteiger partial charge in [0, 0.05) is 26.1 Å². The number of halogens is 1. The van der Waals surface area contributed by atoms with Gasteiger partial charge in [-0.1, -0.05) is 6.07 Å². The summed E-state index contributed by atoms with van der Waals surface area (Å²) in [5.74, 6) is 1.49. The number of nitrogens with one attached hydrogen (secondary N) is 1. The fourth-order valence-corrected chi connectivity index (χ4v) is 3.23. The average molecular weight is 490 g/mol. The lowest BCUT2D eigenvalue weighted by Crippen LogP contribution is -2.47. The van der Waals surface area contributed by atoms with Crippen LogP contribution in [0.3, 0.4) is 0 Å². The second-order valence-corrected chi connectivity index (χ2v) is 6.53. The van der Waals surface area contributed by atoms with Crippen LogP contribution in [0.5, 0.6) is 11.5 Å². The first-order valence-electron chi connectivity index (χ1n) is 9.29.